The first-order valence-electron chi connectivity index (χ1n) is 6.44. The van der Waals surface area contributed by atoms with Gasteiger partial charge in [-0.15, -0.1) is 0 Å². The van der Waals surface area contributed by atoms with Gasteiger partial charge in [0.05, 0.1) is 11.1 Å². The Morgan fingerprint density at radius 3 is 2.25 bits per heavy atom. The molecule has 1 saturated heterocycles. The third kappa shape index (κ3) is 2.47. The summed E-state index contributed by atoms with van der Waals surface area (Å²) in [5.41, 5.74) is -0.259. The molecule has 2 N–H and O–H groups in total. The average molecular weight is 339 g/mol. The molecule has 0 saturated carbocycles. The normalized spacial score (nSPS) is 21.9. The summed E-state index contributed by atoms with van der Waals surface area (Å²) < 4.78 is 0.923. The predicted molar refractivity (Wildman–Crippen MR) is 81.5 cm³/mol. The topological polar surface area (TPSA) is 52.6 Å². The number of hydrogen-bond donors (Lipinski definition) is 2. The second-order valence-electron chi connectivity index (χ2n) is 6.02. The molecule has 108 valence electrons. The van der Waals surface area contributed by atoms with Crippen LogP contribution in [0.3, 0.4) is 0 Å². The van der Waals surface area contributed by atoms with Crippen molar-refractivity contribution in [1.82, 2.24) is 10.4 Å². The summed E-state index contributed by atoms with van der Waals surface area (Å²) in [6.45, 7) is 7.82. The van der Waals surface area contributed by atoms with E-state index in [1.807, 2.05) is 39.8 Å². The van der Waals surface area contributed by atoms with Crippen LogP contribution in [0.5, 0.6) is 0 Å². The van der Waals surface area contributed by atoms with Crippen LogP contribution >= 0.6 is 15.9 Å². The molecule has 1 heterocycles. The molecule has 1 aromatic rings. The van der Waals surface area contributed by atoms with Gasteiger partial charge in [0.1, 0.15) is 5.82 Å². The first-order chi connectivity index (χ1) is 9.15. The highest BCUT2D eigenvalue weighted by Crippen LogP contribution is 2.36. The second-order valence-corrected chi connectivity index (χ2v) is 6.94. The molecule has 0 aliphatic carbocycles. The van der Waals surface area contributed by atoms with Crippen molar-refractivity contribution in [3.63, 3.8) is 0 Å². The minimum Gasteiger partial charge on any atom is -0.363 e. The number of hydroxylamine groups is 2. The lowest BCUT2D eigenvalue weighted by atomic mass is 9.84. The Kier molecular flexibility index (Phi) is 3.69. The van der Waals surface area contributed by atoms with Crippen LogP contribution in [0.15, 0.2) is 40.6 Å². The summed E-state index contributed by atoms with van der Waals surface area (Å²) in [4.78, 5) is 12.2. The van der Waals surface area contributed by atoms with E-state index in [9.17, 15) is 10.0 Å². The third-order valence-electron chi connectivity index (χ3n) is 4.12. The summed E-state index contributed by atoms with van der Waals surface area (Å²) >= 11 is 3.33. The maximum absolute atomic E-state index is 12.2. The summed E-state index contributed by atoms with van der Waals surface area (Å²) in [6.07, 6.45) is 1.43. The Morgan fingerprint density at radius 2 is 1.80 bits per heavy atom. The highest BCUT2D eigenvalue weighted by Gasteiger charge is 2.49. The average Bonchev–Trinajstić information content (AvgIpc) is 2.50. The monoisotopic (exact) mass is 338 g/mol. The molecular weight excluding hydrogens is 320 g/mol. The molecule has 5 heteroatoms. The lowest BCUT2D eigenvalue weighted by Crippen LogP contribution is -2.52. The zero-order chi connectivity index (χ0) is 15.1. The van der Waals surface area contributed by atoms with E-state index >= 15 is 0 Å². The largest absolute Gasteiger partial charge is 0.363 e. The second kappa shape index (κ2) is 4.90. The van der Waals surface area contributed by atoms with Crippen LogP contribution in [0.1, 0.15) is 38.1 Å². The highest BCUT2D eigenvalue weighted by molar-refractivity contribution is 9.10. The number of ketones is 1. The fourth-order valence-corrected chi connectivity index (χ4v) is 2.28. The molecule has 0 amide bonds. The van der Waals surface area contributed by atoms with Crippen LogP contribution in [0, 0.1) is 0 Å². The Labute approximate surface area is 127 Å². The van der Waals surface area contributed by atoms with Crippen molar-refractivity contribution in [2.45, 2.75) is 38.8 Å². The Balaban J connectivity index is 2.28. The zero-order valence-corrected chi connectivity index (χ0v) is 13.7. The minimum atomic E-state index is -0.501. The number of carbonyl (C=O) groups excluding carboxylic acids is 1. The molecule has 2 rings (SSSR count). The van der Waals surface area contributed by atoms with Crippen LogP contribution in [0.25, 0.3) is 0 Å². The molecule has 0 unspecified atom stereocenters. The van der Waals surface area contributed by atoms with Crippen molar-refractivity contribution in [3.8, 4) is 0 Å². The third-order valence-corrected chi connectivity index (χ3v) is 4.65. The highest BCUT2D eigenvalue weighted by atomic mass is 79.9. The van der Waals surface area contributed by atoms with Gasteiger partial charge in [-0.2, -0.15) is 0 Å². The summed E-state index contributed by atoms with van der Waals surface area (Å²) in [7, 11) is 0. The van der Waals surface area contributed by atoms with E-state index in [2.05, 4.69) is 21.2 Å². The van der Waals surface area contributed by atoms with Gasteiger partial charge in [-0.3, -0.25) is 10.0 Å². The first kappa shape index (κ1) is 15.1. The van der Waals surface area contributed by atoms with Crippen LogP contribution in [0.4, 0.5) is 0 Å². The van der Waals surface area contributed by atoms with E-state index < -0.39 is 5.54 Å². The molecule has 0 spiro atoms. The number of halogens is 1. The van der Waals surface area contributed by atoms with E-state index in [1.54, 1.807) is 12.1 Å². The van der Waals surface area contributed by atoms with Gasteiger partial charge >= 0.3 is 0 Å². The van der Waals surface area contributed by atoms with E-state index in [-0.39, 0.29) is 11.3 Å². The molecule has 1 fully saturated rings. The molecule has 1 aromatic carbocycles. The van der Waals surface area contributed by atoms with Crippen molar-refractivity contribution in [2.24, 2.45) is 0 Å². The van der Waals surface area contributed by atoms with Crippen molar-refractivity contribution < 1.29 is 10.0 Å². The SMILES string of the molecule is CC1(C)N/C(=C\C(=O)c2ccc(Br)cc2)N(O)C1(C)C. The maximum atomic E-state index is 12.2. The standard InChI is InChI=1S/C15H19BrN2O2/c1-14(2)15(3,4)18(20)13(17-14)9-12(19)10-5-7-11(16)8-6-10/h5-9,17,20H,1-4H3/b13-9+. The number of rotatable bonds is 2. The van der Waals surface area contributed by atoms with Gasteiger partial charge in [0.25, 0.3) is 0 Å². The molecule has 4 nitrogen and oxygen atoms in total. The lowest BCUT2D eigenvalue weighted by Gasteiger charge is -2.36. The van der Waals surface area contributed by atoms with Gasteiger partial charge in [0, 0.05) is 16.1 Å². The lowest BCUT2D eigenvalue weighted by molar-refractivity contribution is -0.122. The van der Waals surface area contributed by atoms with Crippen molar-refractivity contribution in [3.05, 3.63) is 46.2 Å². The summed E-state index contributed by atoms with van der Waals surface area (Å²) in [6, 6.07) is 7.13. The molecule has 0 aromatic heterocycles. The number of carbonyl (C=O) groups is 1. The number of allylic oxidation sites excluding steroid dienone is 1. The fourth-order valence-electron chi connectivity index (χ4n) is 2.01. The van der Waals surface area contributed by atoms with Gasteiger partial charge in [-0.05, 0) is 52.0 Å². The van der Waals surface area contributed by atoms with E-state index in [0.29, 0.717) is 11.4 Å². The molecule has 20 heavy (non-hydrogen) atoms. The molecule has 0 radical (unpaired) electrons. The Bertz CT molecular complexity index is 562. The summed E-state index contributed by atoms with van der Waals surface area (Å²) in [5.74, 6) is 0.278. The smallest absolute Gasteiger partial charge is 0.189 e. The number of hydrogen-bond acceptors (Lipinski definition) is 4. The van der Waals surface area contributed by atoms with Crippen LogP contribution in [-0.4, -0.2) is 27.1 Å². The Hall–Kier alpha value is -1.33. The van der Waals surface area contributed by atoms with Gasteiger partial charge in [0.2, 0.25) is 0 Å². The minimum absolute atomic E-state index is 0.146. The Morgan fingerprint density at radius 1 is 1.25 bits per heavy atom. The molecule has 0 atom stereocenters. The van der Waals surface area contributed by atoms with Crippen LogP contribution in [-0.2, 0) is 0 Å². The van der Waals surface area contributed by atoms with Crippen molar-refractivity contribution >= 4 is 21.7 Å². The van der Waals surface area contributed by atoms with Gasteiger partial charge < -0.3 is 5.32 Å². The number of benzene rings is 1. The predicted octanol–water partition coefficient (Wildman–Crippen LogP) is 3.32. The molecule has 1 aliphatic heterocycles. The molecule has 0 bridgehead atoms. The quantitative estimate of drug-likeness (QED) is 0.641. The molecular formula is C15H19BrN2O2. The van der Waals surface area contributed by atoms with E-state index in [0.717, 1.165) is 9.54 Å². The van der Waals surface area contributed by atoms with Crippen molar-refractivity contribution in [2.75, 3.05) is 0 Å². The molecule has 1 aliphatic rings. The number of nitrogens with zero attached hydrogens (tertiary/aromatic N) is 1. The van der Waals surface area contributed by atoms with E-state index in [4.69, 9.17) is 0 Å². The first-order valence-corrected chi connectivity index (χ1v) is 7.23. The fraction of sp³-hybridized carbons (Fsp3) is 0.400. The zero-order valence-electron chi connectivity index (χ0n) is 12.1. The number of nitrogens with one attached hydrogen (secondary N) is 1. The summed E-state index contributed by atoms with van der Waals surface area (Å²) in [5, 5.41) is 14.6. The van der Waals surface area contributed by atoms with Crippen molar-refractivity contribution in [1.29, 1.82) is 0 Å². The maximum Gasteiger partial charge on any atom is 0.189 e. The van der Waals surface area contributed by atoms with Gasteiger partial charge in [0.15, 0.2) is 5.78 Å². The van der Waals surface area contributed by atoms with E-state index in [1.165, 1.54) is 6.08 Å². The van der Waals surface area contributed by atoms with Gasteiger partial charge in [-0.1, -0.05) is 15.9 Å². The van der Waals surface area contributed by atoms with Crippen LogP contribution in [0.2, 0.25) is 0 Å². The van der Waals surface area contributed by atoms with Crippen LogP contribution < -0.4 is 5.32 Å². The van der Waals surface area contributed by atoms with Gasteiger partial charge in [-0.25, -0.2) is 5.06 Å².